The number of hydrogen-bond donors (Lipinski definition) is 1. The van der Waals surface area contributed by atoms with Gasteiger partial charge in [0, 0.05) is 44.4 Å². The lowest BCUT2D eigenvalue weighted by atomic mass is 10.1. The van der Waals surface area contributed by atoms with Crippen molar-refractivity contribution < 1.29 is 23.1 Å². The van der Waals surface area contributed by atoms with Crippen LogP contribution in [0.4, 0.5) is 20.2 Å². The predicted molar refractivity (Wildman–Crippen MR) is 118 cm³/mol. The van der Waals surface area contributed by atoms with Gasteiger partial charge in [-0.3, -0.25) is 9.59 Å². The van der Waals surface area contributed by atoms with Gasteiger partial charge in [0.2, 0.25) is 11.8 Å². The zero-order chi connectivity index (χ0) is 22.7. The lowest BCUT2D eigenvalue weighted by Crippen LogP contribution is -2.36. The van der Waals surface area contributed by atoms with Gasteiger partial charge in [-0.15, -0.1) is 0 Å². The van der Waals surface area contributed by atoms with Crippen LogP contribution in [-0.4, -0.2) is 44.6 Å². The summed E-state index contributed by atoms with van der Waals surface area (Å²) in [4.78, 5) is 28.9. The SMILES string of the molecule is CCOc1ccccc1N1CC(C(=O)NCC2CCN(c3ccc(F)c(F)c3)C2)CC1=O. The monoisotopic (exact) mass is 443 g/mol. The van der Waals surface area contributed by atoms with Crippen LogP contribution in [0.1, 0.15) is 19.8 Å². The van der Waals surface area contributed by atoms with E-state index in [1.54, 1.807) is 11.0 Å². The fourth-order valence-electron chi connectivity index (χ4n) is 4.38. The minimum Gasteiger partial charge on any atom is -0.492 e. The van der Waals surface area contributed by atoms with Gasteiger partial charge in [0.1, 0.15) is 5.75 Å². The van der Waals surface area contributed by atoms with E-state index in [4.69, 9.17) is 4.74 Å². The molecular weight excluding hydrogens is 416 g/mol. The first-order chi connectivity index (χ1) is 15.5. The maximum atomic E-state index is 13.5. The number of hydrogen-bond acceptors (Lipinski definition) is 4. The van der Waals surface area contributed by atoms with Gasteiger partial charge >= 0.3 is 0 Å². The molecule has 0 radical (unpaired) electrons. The predicted octanol–water partition coefficient (Wildman–Crippen LogP) is 3.36. The van der Waals surface area contributed by atoms with Crippen molar-refractivity contribution in [2.45, 2.75) is 19.8 Å². The number of anilines is 2. The van der Waals surface area contributed by atoms with Gasteiger partial charge in [-0.25, -0.2) is 8.78 Å². The molecule has 4 rings (SSSR count). The number of rotatable bonds is 7. The van der Waals surface area contributed by atoms with Crippen molar-refractivity contribution in [3.05, 3.63) is 54.1 Å². The molecule has 2 fully saturated rings. The molecule has 2 aromatic rings. The van der Waals surface area contributed by atoms with E-state index < -0.39 is 17.6 Å². The van der Waals surface area contributed by atoms with E-state index in [-0.39, 0.29) is 24.2 Å². The van der Waals surface area contributed by atoms with E-state index in [9.17, 15) is 18.4 Å². The van der Waals surface area contributed by atoms with Crippen molar-refractivity contribution in [3.63, 3.8) is 0 Å². The highest BCUT2D eigenvalue weighted by Crippen LogP contribution is 2.33. The van der Waals surface area contributed by atoms with Gasteiger partial charge in [0.05, 0.1) is 18.2 Å². The van der Waals surface area contributed by atoms with Gasteiger partial charge in [0.15, 0.2) is 11.6 Å². The molecular formula is C24H27F2N3O3. The highest BCUT2D eigenvalue weighted by molar-refractivity contribution is 6.01. The Bertz CT molecular complexity index is 1000. The molecule has 2 aliphatic rings. The molecule has 1 N–H and O–H groups in total. The molecule has 0 bridgehead atoms. The molecule has 2 aromatic carbocycles. The van der Waals surface area contributed by atoms with Crippen molar-refractivity contribution in [2.24, 2.45) is 11.8 Å². The fourth-order valence-corrected chi connectivity index (χ4v) is 4.38. The van der Waals surface area contributed by atoms with Crippen LogP contribution in [0.2, 0.25) is 0 Å². The second kappa shape index (κ2) is 9.54. The van der Waals surface area contributed by atoms with Crippen molar-refractivity contribution in [1.29, 1.82) is 0 Å². The summed E-state index contributed by atoms with van der Waals surface area (Å²) in [6.07, 6.45) is 1.01. The van der Waals surface area contributed by atoms with E-state index in [0.717, 1.165) is 19.0 Å². The molecule has 2 saturated heterocycles. The average molecular weight is 443 g/mol. The summed E-state index contributed by atoms with van der Waals surface area (Å²) < 4.78 is 32.3. The quantitative estimate of drug-likeness (QED) is 0.713. The molecule has 2 heterocycles. The summed E-state index contributed by atoms with van der Waals surface area (Å²) in [5.74, 6) is -1.53. The Kier molecular flexibility index (Phi) is 6.58. The molecule has 8 heteroatoms. The molecule has 2 aliphatic heterocycles. The van der Waals surface area contributed by atoms with E-state index in [2.05, 4.69) is 5.32 Å². The van der Waals surface area contributed by atoms with Gasteiger partial charge in [-0.2, -0.15) is 0 Å². The van der Waals surface area contributed by atoms with Crippen molar-refractivity contribution in [2.75, 3.05) is 42.6 Å². The summed E-state index contributed by atoms with van der Waals surface area (Å²) in [6, 6.07) is 11.2. The summed E-state index contributed by atoms with van der Waals surface area (Å²) >= 11 is 0. The number of amides is 2. The van der Waals surface area contributed by atoms with Crippen LogP contribution >= 0.6 is 0 Å². The molecule has 0 aromatic heterocycles. The Morgan fingerprint density at radius 3 is 2.75 bits per heavy atom. The van der Waals surface area contributed by atoms with Crippen molar-refractivity contribution in [3.8, 4) is 5.75 Å². The Balaban J connectivity index is 1.30. The van der Waals surface area contributed by atoms with Gasteiger partial charge in [-0.05, 0) is 43.5 Å². The fraction of sp³-hybridized carbons (Fsp3) is 0.417. The summed E-state index contributed by atoms with van der Waals surface area (Å²) in [7, 11) is 0. The van der Waals surface area contributed by atoms with Crippen LogP contribution in [0.3, 0.4) is 0 Å². The maximum Gasteiger partial charge on any atom is 0.227 e. The third-order valence-electron chi connectivity index (χ3n) is 6.07. The van der Waals surface area contributed by atoms with Gasteiger partial charge in [-0.1, -0.05) is 12.1 Å². The first-order valence-electron chi connectivity index (χ1n) is 11.0. The zero-order valence-corrected chi connectivity index (χ0v) is 18.0. The minimum absolute atomic E-state index is 0.0947. The van der Waals surface area contributed by atoms with Crippen LogP contribution in [0.25, 0.3) is 0 Å². The number of para-hydroxylation sites is 2. The molecule has 2 amide bonds. The third kappa shape index (κ3) is 4.69. The summed E-state index contributed by atoms with van der Waals surface area (Å²) in [5, 5.41) is 2.98. The molecule has 170 valence electrons. The summed E-state index contributed by atoms with van der Waals surface area (Å²) in [5.41, 5.74) is 1.33. The summed E-state index contributed by atoms with van der Waals surface area (Å²) in [6.45, 7) is 4.56. The highest BCUT2D eigenvalue weighted by Gasteiger charge is 2.36. The highest BCUT2D eigenvalue weighted by atomic mass is 19.2. The lowest BCUT2D eigenvalue weighted by Gasteiger charge is -2.20. The van der Waals surface area contributed by atoms with Crippen LogP contribution in [0, 0.1) is 23.5 Å². The molecule has 0 aliphatic carbocycles. The van der Waals surface area contributed by atoms with Gasteiger partial charge in [0.25, 0.3) is 0 Å². The third-order valence-corrected chi connectivity index (χ3v) is 6.07. The van der Waals surface area contributed by atoms with Crippen LogP contribution in [0.5, 0.6) is 5.75 Å². The van der Waals surface area contributed by atoms with Gasteiger partial charge < -0.3 is 19.9 Å². The Labute approximate surface area is 186 Å². The number of nitrogens with zero attached hydrogens (tertiary/aromatic N) is 2. The topological polar surface area (TPSA) is 61.9 Å². The molecule has 0 spiro atoms. The second-order valence-corrected chi connectivity index (χ2v) is 8.25. The molecule has 32 heavy (non-hydrogen) atoms. The van der Waals surface area contributed by atoms with E-state index in [0.29, 0.717) is 43.4 Å². The number of carbonyl (C=O) groups excluding carboxylic acids is 2. The molecule has 2 unspecified atom stereocenters. The first-order valence-corrected chi connectivity index (χ1v) is 11.0. The molecule has 6 nitrogen and oxygen atoms in total. The number of benzene rings is 2. The van der Waals surface area contributed by atoms with Crippen LogP contribution in [-0.2, 0) is 9.59 Å². The minimum atomic E-state index is -0.861. The van der Waals surface area contributed by atoms with Crippen molar-refractivity contribution in [1.82, 2.24) is 5.32 Å². The average Bonchev–Trinajstić information content (AvgIpc) is 3.41. The van der Waals surface area contributed by atoms with Crippen molar-refractivity contribution >= 4 is 23.2 Å². The number of ether oxygens (including phenoxy) is 1. The number of carbonyl (C=O) groups is 2. The Morgan fingerprint density at radius 1 is 1.16 bits per heavy atom. The Morgan fingerprint density at radius 2 is 1.97 bits per heavy atom. The zero-order valence-electron chi connectivity index (χ0n) is 18.0. The normalized spacial score (nSPS) is 20.7. The Hall–Kier alpha value is -3.16. The van der Waals surface area contributed by atoms with Crippen LogP contribution < -0.4 is 19.9 Å². The standard InChI is InChI=1S/C24H27F2N3O3/c1-2-32-22-6-4-3-5-21(22)29-15-17(11-23(29)30)24(31)27-13-16-9-10-28(14-16)18-7-8-19(25)20(26)12-18/h3-8,12,16-17H,2,9-11,13-15H2,1H3,(H,27,31). The van der Waals surface area contributed by atoms with E-state index in [1.165, 1.54) is 6.07 Å². The van der Waals surface area contributed by atoms with E-state index >= 15 is 0 Å². The molecule has 2 atom stereocenters. The van der Waals surface area contributed by atoms with Crippen LogP contribution in [0.15, 0.2) is 42.5 Å². The largest absolute Gasteiger partial charge is 0.492 e. The first kappa shape index (κ1) is 22.0. The smallest absolute Gasteiger partial charge is 0.227 e. The maximum absolute atomic E-state index is 13.5. The molecule has 0 saturated carbocycles. The second-order valence-electron chi connectivity index (χ2n) is 8.25. The van der Waals surface area contributed by atoms with E-state index in [1.807, 2.05) is 36.1 Å². The number of halogens is 2. The lowest BCUT2D eigenvalue weighted by molar-refractivity contribution is -0.126. The number of nitrogens with one attached hydrogen (secondary N) is 1.